The second-order valence-corrected chi connectivity index (χ2v) is 10.1. The Kier molecular flexibility index (Phi) is 7.62. The van der Waals surface area contributed by atoms with E-state index in [9.17, 15) is 14.4 Å². The van der Waals surface area contributed by atoms with Crippen molar-refractivity contribution in [3.05, 3.63) is 64.0 Å². The first kappa shape index (κ1) is 22.6. The molecule has 1 heterocycles. The number of carbonyl (C=O) groups is 3. The quantitative estimate of drug-likeness (QED) is 0.323. The number of aliphatic carboxylic acids is 1. The number of thioether (sulfide) groups is 1. The number of nitrogens with zero attached hydrogens (tertiary/aromatic N) is 1. The number of carboxylic acid groups (broad SMARTS) is 1. The van der Waals surface area contributed by atoms with Gasteiger partial charge in [0.25, 0.3) is 11.1 Å². The summed E-state index contributed by atoms with van der Waals surface area (Å²) in [5, 5.41) is 8.26. The molecule has 29 heavy (non-hydrogen) atoms. The maximum absolute atomic E-state index is 12.3. The molecule has 0 aliphatic carbocycles. The lowest BCUT2D eigenvalue weighted by Crippen LogP contribution is -2.33. The number of ether oxygens (including phenoxy) is 1. The molecule has 0 saturated carbocycles. The van der Waals surface area contributed by atoms with Crippen LogP contribution in [0.5, 0.6) is 5.75 Å². The van der Waals surface area contributed by atoms with Crippen LogP contribution in [0.15, 0.2) is 45.8 Å². The third kappa shape index (κ3) is 5.73. The standard InChI is InChI=1S/C19H12BrI2NO5S/c20-12-3-1-10(2-4-12)9-28-17-13(21)5-11(6-14(17)22)7-15-18(26)23(8-16(24)25)19(27)29-15/h1-7H,8-9H2,(H,24,25)/b15-7+. The number of benzene rings is 2. The SMILES string of the molecule is O=C(O)CN1C(=O)S/C(=C/c2cc(I)c(OCc3ccc(Br)cc3)c(I)c2)C1=O. The van der Waals surface area contributed by atoms with Crippen molar-refractivity contribution in [2.24, 2.45) is 0 Å². The van der Waals surface area contributed by atoms with E-state index in [-0.39, 0.29) is 4.91 Å². The molecule has 1 aliphatic rings. The number of rotatable bonds is 6. The highest BCUT2D eigenvalue weighted by Gasteiger charge is 2.36. The van der Waals surface area contributed by atoms with Crippen molar-refractivity contribution in [1.29, 1.82) is 0 Å². The topological polar surface area (TPSA) is 83.9 Å². The largest absolute Gasteiger partial charge is 0.487 e. The molecule has 0 spiro atoms. The van der Waals surface area contributed by atoms with Gasteiger partial charge in [0.05, 0.1) is 12.0 Å². The first-order chi connectivity index (χ1) is 13.7. The van der Waals surface area contributed by atoms with Crippen molar-refractivity contribution in [2.75, 3.05) is 6.54 Å². The molecule has 1 saturated heterocycles. The molecule has 10 heteroatoms. The Morgan fingerprint density at radius 1 is 1.17 bits per heavy atom. The molecule has 1 aliphatic heterocycles. The fourth-order valence-corrected chi connectivity index (χ4v) is 5.69. The summed E-state index contributed by atoms with van der Waals surface area (Å²) in [4.78, 5) is 35.9. The van der Waals surface area contributed by atoms with E-state index in [1.54, 1.807) is 6.08 Å². The summed E-state index contributed by atoms with van der Waals surface area (Å²) in [6.07, 6.45) is 1.59. The molecule has 1 fully saturated rings. The van der Waals surface area contributed by atoms with Crippen molar-refractivity contribution in [1.82, 2.24) is 4.90 Å². The van der Waals surface area contributed by atoms with Crippen LogP contribution in [0.1, 0.15) is 11.1 Å². The van der Waals surface area contributed by atoms with Gasteiger partial charge in [-0.1, -0.05) is 28.1 Å². The van der Waals surface area contributed by atoms with E-state index in [2.05, 4.69) is 61.1 Å². The van der Waals surface area contributed by atoms with E-state index in [4.69, 9.17) is 9.84 Å². The van der Waals surface area contributed by atoms with Gasteiger partial charge in [-0.3, -0.25) is 19.3 Å². The number of hydrogen-bond donors (Lipinski definition) is 1. The number of hydrogen-bond acceptors (Lipinski definition) is 5. The second-order valence-electron chi connectivity index (χ2n) is 5.89. The van der Waals surface area contributed by atoms with Crippen LogP contribution < -0.4 is 4.74 Å². The van der Waals surface area contributed by atoms with Crippen molar-refractivity contribution in [3.63, 3.8) is 0 Å². The van der Waals surface area contributed by atoms with E-state index < -0.39 is 23.7 Å². The molecule has 0 radical (unpaired) electrons. The molecule has 1 N–H and O–H groups in total. The Morgan fingerprint density at radius 2 is 1.79 bits per heavy atom. The molecule has 0 atom stereocenters. The average molecular weight is 700 g/mol. The van der Waals surface area contributed by atoms with E-state index in [1.807, 2.05) is 36.4 Å². The lowest BCUT2D eigenvalue weighted by atomic mass is 10.2. The number of halogens is 3. The minimum atomic E-state index is -1.23. The lowest BCUT2D eigenvalue weighted by Gasteiger charge is -2.12. The molecule has 0 unspecified atom stereocenters. The predicted molar refractivity (Wildman–Crippen MR) is 131 cm³/mol. The van der Waals surface area contributed by atoms with E-state index in [1.165, 1.54) is 0 Å². The highest BCUT2D eigenvalue weighted by atomic mass is 127. The fourth-order valence-electron chi connectivity index (χ4n) is 2.46. The zero-order valence-electron chi connectivity index (χ0n) is 14.5. The normalized spacial score (nSPS) is 15.3. The first-order valence-corrected chi connectivity index (χ1v) is 11.8. The minimum Gasteiger partial charge on any atom is -0.487 e. The summed E-state index contributed by atoms with van der Waals surface area (Å²) in [5.74, 6) is -1.09. The predicted octanol–water partition coefficient (Wildman–Crippen LogP) is 5.36. The molecule has 150 valence electrons. The number of imide groups is 1. The molecule has 3 rings (SSSR count). The summed E-state index contributed by atoms with van der Waals surface area (Å²) in [6, 6.07) is 11.6. The van der Waals surface area contributed by atoms with Crippen LogP contribution in [0.2, 0.25) is 0 Å². The summed E-state index contributed by atoms with van der Waals surface area (Å²) in [7, 11) is 0. The Morgan fingerprint density at radius 3 is 2.38 bits per heavy atom. The van der Waals surface area contributed by atoms with E-state index >= 15 is 0 Å². The zero-order valence-corrected chi connectivity index (χ0v) is 21.2. The highest BCUT2D eigenvalue weighted by molar-refractivity contribution is 14.1. The Bertz CT molecular complexity index is 1000. The molecular formula is C19H12BrI2NO5S. The Hall–Kier alpha value is -1.12. The van der Waals surface area contributed by atoms with E-state index in [0.29, 0.717) is 6.61 Å². The summed E-state index contributed by atoms with van der Waals surface area (Å²) in [5.41, 5.74) is 1.77. The molecular weight excluding hydrogens is 688 g/mol. The highest BCUT2D eigenvalue weighted by Crippen LogP contribution is 2.35. The number of carbonyl (C=O) groups excluding carboxylic acids is 2. The fraction of sp³-hybridized carbons (Fsp3) is 0.105. The summed E-state index contributed by atoms with van der Waals surface area (Å²) < 4.78 is 8.70. The Labute approximate surface area is 206 Å². The monoisotopic (exact) mass is 699 g/mol. The van der Waals surface area contributed by atoms with Crippen LogP contribution in [0, 0.1) is 7.14 Å². The molecule has 6 nitrogen and oxygen atoms in total. The second kappa shape index (κ2) is 9.79. The first-order valence-electron chi connectivity index (χ1n) is 8.08. The molecule has 2 aromatic carbocycles. The minimum absolute atomic E-state index is 0.200. The van der Waals surface area contributed by atoms with Crippen LogP contribution in [-0.4, -0.2) is 33.7 Å². The van der Waals surface area contributed by atoms with Gasteiger partial charge < -0.3 is 9.84 Å². The van der Waals surface area contributed by atoms with Crippen LogP contribution in [0.3, 0.4) is 0 Å². The van der Waals surface area contributed by atoms with Gasteiger partial charge in [-0.15, -0.1) is 0 Å². The Balaban J connectivity index is 1.77. The van der Waals surface area contributed by atoms with Crippen molar-refractivity contribution < 1.29 is 24.2 Å². The van der Waals surface area contributed by atoms with Gasteiger partial charge in [0.1, 0.15) is 18.9 Å². The number of amides is 2. The third-order valence-corrected chi connectivity index (χ3v) is 6.82. The van der Waals surface area contributed by atoms with E-state index in [0.717, 1.165) is 45.2 Å². The molecule has 0 aromatic heterocycles. The summed E-state index contributed by atoms with van der Waals surface area (Å²) >= 11 is 8.47. The van der Waals surface area contributed by atoms with Crippen molar-refractivity contribution >= 4 is 96.1 Å². The van der Waals surface area contributed by atoms with Gasteiger partial charge in [-0.2, -0.15) is 0 Å². The van der Waals surface area contributed by atoms with Crippen LogP contribution >= 0.6 is 72.9 Å². The smallest absolute Gasteiger partial charge is 0.323 e. The van der Waals surface area contributed by atoms with Gasteiger partial charge in [0.15, 0.2) is 0 Å². The zero-order chi connectivity index (χ0) is 21.1. The van der Waals surface area contributed by atoms with Gasteiger partial charge >= 0.3 is 5.97 Å². The van der Waals surface area contributed by atoms with Crippen molar-refractivity contribution in [2.45, 2.75) is 6.61 Å². The van der Waals surface area contributed by atoms with Gasteiger partial charge in [-0.25, -0.2) is 0 Å². The summed E-state index contributed by atoms with van der Waals surface area (Å²) in [6.45, 7) is -0.216. The maximum atomic E-state index is 12.3. The van der Waals surface area contributed by atoms with Gasteiger partial charge in [0, 0.05) is 4.47 Å². The average Bonchev–Trinajstić information content (AvgIpc) is 2.89. The lowest BCUT2D eigenvalue weighted by molar-refractivity contribution is -0.140. The molecule has 2 aromatic rings. The van der Waals surface area contributed by atoms with Gasteiger partial charge in [-0.05, 0) is 98.4 Å². The van der Waals surface area contributed by atoms with Crippen LogP contribution in [0.25, 0.3) is 6.08 Å². The van der Waals surface area contributed by atoms with Crippen LogP contribution in [0.4, 0.5) is 4.79 Å². The van der Waals surface area contributed by atoms with Crippen molar-refractivity contribution in [3.8, 4) is 5.75 Å². The van der Waals surface area contributed by atoms with Crippen LogP contribution in [-0.2, 0) is 16.2 Å². The maximum Gasteiger partial charge on any atom is 0.323 e. The molecule has 0 bridgehead atoms. The number of carboxylic acids is 1. The molecule has 2 amide bonds. The third-order valence-electron chi connectivity index (χ3n) is 3.78. The van der Waals surface area contributed by atoms with Gasteiger partial charge in [0.2, 0.25) is 0 Å².